The third-order valence-corrected chi connectivity index (χ3v) is 3.73. The second-order valence-electron chi connectivity index (χ2n) is 5.15. The van der Waals surface area contributed by atoms with Crippen molar-refractivity contribution in [3.8, 4) is 0 Å². The first kappa shape index (κ1) is 14.5. The second kappa shape index (κ2) is 6.47. The van der Waals surface area contributed by atoms with Gasteiger partial charge < -0.3 is 16.2 Å². The number of rotatable bonds is 5. The molecule has 1 aliphatic rings. The normalized spacial score (nSPS) is 22.4. The van der Waals surface area contributed by atoms with Crippen molar-refractivity contribution in [2.45, 2.75) is 38.3 Å². The molecular weight excluding hydrogens is 258 g/mol. The van der Waals surface area contributed by atoms with Crippen LogP contribution in [0, 0.1) is 5.92 Å². The highest BCUT2D eigenvalue weighted by atomic mass is 16.4. The van der Waals surface area contributed by atoms with E-state index in [1.807, 2.05) is 0 Å². The Hall–Kier alpha value is -1.95. The van der Waals surface area contributed by atoms with Crippen molar-refractivity contribution >= 4 is 11.9 Å². The molecule has 6 nitrogen and oxygen atoms in total. The molecular formula is C14H19N3O3. The molecule has 0 unspecified atom stereocenters. The van der Waals surface area contributed by atoms with Crippen molar-refractivity contribution in [1.82, 2.24) is 10.3 Å². The van der Waals surface area contributed by atoms with Crippen molar-refractivity contribution in [3.05, 3.63) is 29.6 Å². The lowest BCUT2D eigenvalue weighted by molar-refractivity contribution is -0.122. The number of nitrogens with two attached hydrogens (primary N) is 1. The molecule has 1 aromatic heterocycles. The molecule has 0 aliphatic heterocycles. The SMILES string of the molecule is NC(=O)C1CCC(NCc2cccc(C(=O)O)n2)CC1. The number of carboxylic acid groups (broad SMARTS) is 1. The van der Waals surface area contributed by atoms with Crippen LogP contribution in [0.4, 0.5) is 0 Å². The number of nitrogens with zero attached hydrogens (tertiary/aromatic N) is 1. The molecule has 1 amide bonds. The number of pyridine rings is 1. The number of amides is 1. The molecule has 1 heterocycles. The average Bonchev–Trinajstić information content (AvgIpc) is 2.46. The summed E-state index contributed by atoms with van der Waals surface area (Å²) in [6.45, 7) is 0.535. The first-order valence-electron chi connectivity index (χ1n) is 6.78. The number of nitrogens with one attached hydrogen (secondary N) is 1. The molecule has 4 N–H and O–H groups in total. The summed E-state index contributed by atoms with van der Waals surface area (Å²) in [4.78, 5) is 26.0. The van der Waals surface area contributed by atoms with Crippen LogP contribution >= 0.6 is 0 Å². The molecule has 0 bridgehead atoms. The minimum atomic E-state index is -1.02. The van der Waals surface area contributed by atoms with E-state index < -0.39 is 5.97 Å². The van der Waals surface area contributed by atoms with Crippen molar-refractivity contribution in [2.75, 3.05) is 0 Å². The van der Waals surface area contributed by atoms with E-state index >= 15 is 0 Å². The zero-order valence-corrected chi connectivity index (χ0v) is 11.2. The van der Waals surface area contributed by atoms with Gasteiger partial charge in [-0.15, -0.1) is 0 Å². The summed E-state index contributed by atoms with van der Waals surface area (Å²) in [5, 5.41) is 12.2. The summed E-state index contributed by atoms with van der Waals surface area (Å²) >= 11 is 0. The zero-order valence-electron chi connectivity index (χ0n) is 11.2. The van der Waals surface area contributed by atoms with Crippen LogP contribution in [0.15, 0.2) is 18.2 Å². The third-order valence-electron chi connectivity index (χ3n) is 3.73. The van der Waals surface area contributed by atoms with E-state index in [0.29, 0.717) is 18.3 Å². The predicted octanol–water partition coefficient (Wildman–Crippen LogP) is 0.913. The van der Waals surface area contributed by atoms with Gasteiger partial charge in [-0.25, -0.2) is 9.78 Å². The Balaban J connectivity index is 1.83. The summed E-state index contributed by atoms with van der Waals surface area (Å²) in [7, 11) is 0. The Morgan fingerprint density at radius 3 is 2.60 bits per heavy atom. The molecule has 6 heteroatoms. The number of hydrogen-bond donors (Lipinski definition) is 3. The van der Waals surface area contributed by atoms with Gasteiger partial charge in [-0.3, -0.25) is 4.79 Å². The van der Waals surface area contributed by atoms with Gasteiger partial charge in [0, 0.05) is 18.5 Å². The summed E-state index contributed by atoms with van der Waals surface area (Å²) in [5.74, 6) is -1.23. The van der Waals surface area contributed by atoms with Gasteiger partial charge in [-0.1, -0.05) is 6.07 Å². The molecule has 1 saturated carbocycles. The van der Waals surface area contributed by atoms with E-state index in [4.69, 9.17) is 10.8 Å². The Morgan fingerprint density at radius 2 is 2.00 bits per heavy atom. The van der Waals surface area contributed by atoms with Gasteiger partial charge in [-0.2, -0.15) is 0 Å². The van der Waals surface area contributed by atoms with Crippen LogP contribution in [0.5, 0.6) is 0 Å². The molecule has 1 aromatic rings. The maximum absolute atomic E-state index is 11.1. The Kier molecular flexibility index (Phi) is 4.68. The van der Waals surface area contributed by atoms with Crippen LogP contribution in [-0.4, -0.2) is 28.0 Å². The topological polar surface area (TPSA) is 105 Å². The van der Waals surface area contributed by atoms with Crippen LogP contribution in [0.3, 0.4) is 0 Å². The largest absolute Gasteiger partial charge is 0.477 e. The van der Waals surface area contributed by atoms with E-state index in [1.54, 1.807) is 12.1 Å². The smallest absolute Gasteiger partial charge is 0.354 e. The van der Waals surface area contributed by atoms with Crippen LogP contribution in [-0.2, 0) is 11.3 Å². The fourth-order valence-electron chi connectivity index (χ4n) is 2.53. The molecule has 0 atom stereocenters. The van der Waals surface area contributed by atoms with E-state index in [-0.39, 0.29) is 17.5 Å². The number of aromatic carboxylic acids is 1. The number of aromatic nitrogens is 1. The number of primary amides is 1. The predicted molar refractivity (Wildman–Crippen MR) is 73.0 cm³/mol. The standard InChI is InChI=1S/C14H19N3O3/c15-13(18)9-4-6-10(7-5-9)16-8-11-2-1-3-12(17-11)14(19)20/h1-3,9-10,16H,4-8H2,(H2,15,18)(H,19,20). The molecule has 0 radical (unpaired) electrons. The molecule has 0 saturated heterocycles. The molecule has 0 spiro atoms. The van der Waals surface area contributed by atoms with E-state index in [1.165, 1.54) is 6.07 Å². The van der Waals surface area contributed by atoms with E-state index in [0.717, 1.165) is 25.7 Å². The number of hydrogen-bond acceptors (Lipinski definition) is 4. The maximum atomic E-state index is 11.1. The van der Waals surface area contributed by atoms with E-state index in [9.17, 15) is 9.59 Å². The van der Waals surface area contributed by atoms with Gasteiger partial charge in [0.2, 0.25) is 5.91 Å². The zero-order chi connectivity index (χ0) is 14.5. The Labute approximate surface area is 117 Å². The fraction of sp³-hybridized carbons (Fsp3) is 0.500. The molecule has 2 rings (SSSR count). The molecule has 1 aliphatic carbocycles. The first-order chi connectivity index (χ1) is 9.56. The van der Waals surface area contributed by atoms with Crippen molar-refractivity contribution in [2.24, 2.45) is 11.7 Å². The quantitative estimate of drug-likeness (QED) is 0.742. The monoisotopic (exact) mass is 277 g/mol. The van der Waals surface area contributed by atoms with Crippen LogP contribution < -0.4 is 11.1 Å². The number of carbonyl (C=O) groups is 2. The lowest BCUT2D eigenvalue weighted by Crippen LogP contribution is -2.36. The average molecular weight is 277 g/mol. The Bertz CT molecular complexity index is 496. The van der Waals surface area contributed by atoms with Gasteiger partial charge in [0.15, 0.2) is 0 Å². The molecule has 1 fully saturated rings. The van der Waals surface area contributed by atoms with Crippen LogP contribution in [0.25, 0.3) is 0 Å². The summed E-state index contributed by atoms with van der Waals surface area (Å²) in [6.07, 6.45) is 3.45. The molecule has 0 aromatic carbocycles. The molecule has 20 heavy (non-hydrogen) atoms. The van der Waals surface area contributed by atoms with Gasteiger partial charge in [0.05, 0.1) is 5.69 Å². The van der Waals surface area contributed by atoms with Crippen LogP contribution in [0.2, 0.25) is 0 Å². The summed E-state index contributed by atoms with van der Waals surface area (Å²) in [5.41, 5.74) is 6.06. The van der Waals surface area contributed by atoms with Gasteiger partial charge in [0.1, 0.15) is 5.69 Å². The van der Waals surface area contributed by atoms with Crippen molar-refractivity contribution in [3.63, 3.8) is 0 Å². The lowest BCUT2D eigenvalue weighted by atomic mass is 9.85. The Morgan fingerprint density at radius 1 is 1.30 bits per heavy atom. The molecule has 108 valence electrons. The van der Waals surface area contributed by atoms with E-state index in [2.05, 4.69) is 10.3 Å². The first-order valence-corrected chi connectivity index (χ1v) is 6.78. The van der Waals surface area contributed by atoms with Crippen molar-refractivity contribution in [1.29, 1.82) is 0 Å². The fourth-order valence-corrected chi connectivity index (χ4v) is 2.53. The summed E-state index contributed by atoms with van der Waals surface area (Å²) in [6, 6.07) is 5.30. The van der Waals surface area contributed by atoms with Gasteiger partial charge in [0.25, 0.3) is 0 Å². The minimum Gasteiger partial charge on any atom is -0.477 e. The van der Waals surface area contributed by atoms with Gasteiger partial charge in [-0.05, 0) is 37.8 Å². The highest BCUT2D eigenvalue weighted by Gasteiger charge is 2.24. The highest BCUT2D eigenvalue weighted by molar-refractivity contribution is 5.85. The maximum Gasteiger partial charge on any atom is 0.354 e. The second-order valence-corrected chi connectivity index (χ2v) is 5.15. The lowest BCUT2D eigenvalue weighted by Gasteiger charge is -2.27. The minimum absolute atomic E-state index is 0.00140. The number of carbonyl (C=O) groups excluding carboxylic acids is 1. The van der Waals surface area contributed by atoms with Gasteiger partial charge >= 0.3 is 5.97 Å². The highest BCUT2D eigenvalue weighted by Crippen LogP contribution is 2.24. The van der Waals surface area contributed by atoms with Crippen molar-refractivity contribution < 1.29 is 14.7 Å². The summed E-state index contributed by atoms with van der Waals surface area (Å²) < 4.78 is 0. The van der Waals surface area contributed by atoms with Crippen LogP contribution in [0.1, 0.15) is 41.9 Å². The number of carboxylic acids is 1. The third kappa shape index (κ3) is 3.77.